The molecule has 0 radical (unpaired) electrons. The minimum absolute atomic E-state index is 0.00579. The maximum atomic E-state index is 16.4. The predicted octanol–water partition coefficient (Wildman–Crippen LogP) is 9.33. The van der Waals surface area contributed by atoms with Crippen LogP contribution in [0, 0.1) is 0 Å². The summed E-state index contributed by atoms with van der Waals surface area (Å²) in [5.74, 6) is -1.00. The molecule has 0 aliphatic rings. The second-order valence-electron chi connectivity index (χ2n) is 15.6. The van der Waals surface area contributed by atoms with Gasteiger partial charge in [0.1, 0.15) is 17.2 Å². The van der Waals surface area contributed by atoms with Crippen LogP contribution in [0.2, 0.25) is 0 Å². The third-order valence-corrected chi connectivity index (χ3v) is 11.7. The quantitative estimate of drug-likeness (QED) is 0.0808. The van der Waals surface area contributed by atoms with Crippen LogP contribution in [0.5, 0.6) is 28.7 Å². The van der Waals surface area contributed by atoms with Gasteiger partial charge in [0.05, 0.1) is 46.7 Å². The molecule has 0 aromatic heterocycles. The number of alkyl halides is 6. The largest absolute Gasteiger partial charge is 0.497 e. The molecule has 6 aromatic carbocycles. The Morgan fingerprint density at radius 1 is 0.456 bits per heavy atom. The molecule has 4 N–H and O–H groups in total. The van der Waals surface area contributed by atoms with Crippen molar-refractivity contribution >= 4 is 23.2 Å². The number of benzene rings is 6. The first-order valence-corrected chi connectivity index (χ1v) is 21.0. The van der Waals surface area contributed by atoms with Gasteiger partial charge in [-0.3, -0.25) is 9.59 Å². The predicted molar refractivity (Wildman–Crippen MR) is 245 cm³/mol. The molecule has 2 atom stereocenters. The van der Waals surface area contributed by atoms with E-state index in [-0.39, 0.29) is 65.7 Å². The van der Waals surface area contributed by atoms with E-state index in [4.69, 9.17) is 35.2 Å². The molecule has 358 valence electrons. The summed E-state index contributed by atoms with van der Waals surface area (Å²) in [7, 11) is 6.92. The molecule has 0 saturated heterocycles. The summed E-state index contributed by atoms with van der Waals surface area (Å²) in [4.78, 5) is 35.3. The van der Waals surface area contributed by atoms with Crippen LogP contribution in [0.15, 0.2) is 140 Å². The molecule has 2 unspecified atom stereocenters. The standard InChI is InChI=1S/C51H50F6N4O7/c1-64-39-12-10-11-37(31-39)60(29-27-33-17-21-35(22-18-33)50(52,53)54)46(62)48(58,40-13-6-8-15-42(40)65-2)49(59,41-14-7-9-16-43(41)66-3)47(63)61(38-25-26-44(67-4)45(32-38)68-5)30-28-34-19-23-36(24-20-34)51(55,56)57/h6-26,31-32H,27-30,58-59H2,1-5H3. The average Bonchev–Trinajstić information content (AvgIpc) is 3.35. The van der Waals surface area contributed by atoms with Crippen LogP contribution < -0.4 is 45.0 Å². The van der Waals surface area contributed by atoms with Crippen molar-refractivity contribution < 1.29 is 59.6 Å². The lowest BCUT2D eigenvalue weighted by Gasteiger charge is -2.48. The van der Waals surface area contributed by atoms with Gasteiger partial charge in [0.25, 0.3) is 11.8 Å². The number of anilines is 2. The van der Waals surface area contributed by atoms with Crippen molar-refractivity contribution in [3.63, 3.8) is 0 Å². The zero-order valence-electron chi connectivity index (χ0n) is 37.8. The summed E-state index contributed by atoms with van der Waals surface area (Å²) >= 11 is 0. The summed E-state index contributed by atoms with van der Waals surface area (Å²) < 4.78 is 110. The highest BCUT2D eigenvalue weighted by atomic mass is 19.4. The Labute approximate surface area is 389 Å². The summed E-state index contributed by atoms with van der Waals surface area (Å²) in [6.45, 7) is -0.452. The third kappa shape index (κ3) is 10.2. The number of carbonyl (C=O) groups excluding carboxylic acids is 2. The zero-order valence-corrected chi connectivity index (χ0v) is 37.8. The van der Waals surface area contributed by atoms with E-state index < -0.39 is 46.4 Å². The number of amides is 2. The molecule has 0 bridgehead atoms. The number of methoxy groups -OCH3 is 5. The Hall–Kier alpha value is -7.24. The van der Waals surface area contributed by atoms with E-state index >= 15 is 9.59 Å². The lowest BCUT2D eigenvalue weighted by Crippen LogP contribution is -2.74. The van der Waals surface area contributed by atoms with E-state index in [1.807, 2.05) is 0 Å². The van der Waals surface area contributed by atoms with E-state index in [0.717, 1.165) is 24.3 Å². The molecule has 0 heterocycles. The fourth-order valence-electron chi connectivity index (χ4n) is 8.03. The van der Waals surface area contributed by atoms with Crippen LogP contribution in [0.25, 0.3) is 0 Å². The fourth-order valence-corrected chi connectivity index (χ4v) is 8.03. The van der Waals surface area contributed by atoms with Gasteiger partial charge in [0.2, 0.25) is 0 Å². The summed E-state index contributed by atoms with van der Waals surface area (Å²) in [6.07, 6.45) is -9.22. The highest BCUT2D eigenvalue weighted by Gasteiger charge is 2.63. The van der Waals surface area contributed by atoms with Crippen molar-refractivity contribution in [1.29, 1.82) is 0 Å². The van der Waals surface area contributed by atoms with E-state index in [0.29, 0.717) is 22.6 Å². The maximum absolute atomic E-state index is 16.4. The van der Waals surface area contributed by atoms with Crippen molar-refractivity contribution in [3.05, 3.63) is 173 Å². The first kappa shape index (κ1) is 50.2. The van der Waals surface area contributed by atoms with E-state index in [1.165, 1.54) is 99.9 Å². The lowest BCUT2D eigenvalue weighted by molar-refractivity contribution is -0.138. The SMILES string of the molecule is COc1cccc(N(CCc2ccc(C(F)(F)F)cc2)C(=O)C(N)(c2ccccc2OC)C(N)(C(=O)N(CCc2ccc(C(F)(F)F)cc2)c2ccc(OC)c(OC)c2)c2ccccc2OC)c1. The molecule has 0 aliphatic carbocycles. The topological polar surface area (TPSA) is 139 Å². The van der Waals surface area contributed by atoms with Gasteiger partial charge in [-0.15, -0.1) is 0 Å². The second-order valence-corrected chi connectivity index (χ2v) is 15.6. The van der Waals surface area contributed by atoms with Crippen molar-refractivity contribution in [2.45, 2.75) is 36.3 Å². The molecule has 0 spiro atoms. The highest BCUT2D eigenvalue weighted by Crippen LogP contribution is 2.48. The minimum Gasteiger partial charge on any atom is -0.497 e. The van der Waals surface area contributed by atoms with Crippen LogP contribution in [0.4, 0.5) is 37.7 Å². The number of hydrogen-bond donors (Lipinski definition) is 2. The summed E-state index contributed by atoms with van der Waals surface area (Å²) in [6, 6.07) is 32.4. The molecule has 0 aliphatic heterocycles. The van der Waals surface area contributed by atoms with Gasteiger partial charge in [-0.1, -0.05) is 66.7 Å². The average molecular weight is 945 g/mol. The second kappa shape index (κ2) is 20.7. The smallest absolute Gasteiger partial charge is 0.416 e. The van der Waals surface area contributed by atoms with Crippen LogP contribution in [-0.4, -0.2) is 60.5 Å². The Morgan fingerprint density at radius 3 is 1.26 bits per heavy atom. The van der Waals surface area contributed by atoms with E-state index in [9.17, 15) is 26.3 Å². The molecular formula is C51H50F6N4O7. The number of rotatable bonds is 18. The normalized spacial score (nSPS) is 13.4. The van der Waals surface area contributed by atoms with Crippen LogP contribution in [0.3, 0.4) is 0 Å². The molecule has 6 rings (SSSR count). The monoisotopic (exact) mass is 944 g/mol. The lowest BCUT2D eigenvalue weighted by atomic mass is 9.66. The van der Waals surface area contributed by atoms with Gasteiger partial charge >= 0.3 is 12.4 Å². The molecule has 68 heavy (non-hydrogen) atoms. The molecular weight excluding hydrogens is 895 g/mol. The fraction of sp³-hybridized carbons (Fsp3) is 0.255. The maximum Gasteiger partial charge on any atom is 0.416 e. The van der Waals surface area contributed by atoms with E-state index in [2.05, 4.69) is 0 Å². The Bertz CT molecular complexity index is 2700. The Morgan fingerprint density at radius 2 is 0.868 bits per heavy atom. The number of hydrogen-bond acceptors (Lipinski definition) is 9. The molecule has 11 nitrogen and oxygen atoms in total. The molecule has 17 heteroatoms. The number of nitrogens with two attached hydrogens (primary N) is 2. The van der Waals surface area contributed by atoms with Gasteiger partial charge in [0, 0.05) is 47.7 Å². The number of halogens is 6. The first-order chi connectivity index (χ1) is 32.3. The Balaban J connectivity index is 1.63. The number of para-hydroxylation sites is 2. The van der Waals surface area contributed by atoms with Crippen LogP contribution in [0.1, 0.15) is 33.4 Å². The van der Waals surface area contributed by atoms with Crippen molar-refractivity contribution in [1.82, 2.24) is 0 Å². The van der Waals surface area contributed by atoms with Crippen LogP contribution >= 0.6 is 0 Å². The summed E-state index contributed by atoms with van der Waals surface area (Å²) in [5.41, 5.74) is 9.61. The minimum atomic E-state index is -4.60. The Kier molecular flexibility index (Phi) is 15.3. The van der Waals surface area contributed by atoms with Gasteiger partial charge < -0.3 is 45.0 Å². The molecule has 6 aromatic rings. The van der Waals surface area contributed by atoms with Crippen LogP contribution in [-0.2, 0) is 45.9 Å². The third-order valence-electron chi connectivity index (χ3n) is 11.7. The molecule has 0 saturated carbocycles. The summed E-state index contributed by atoms with van der Waals surface area (Å²) in [5, 5.41) is 0. The van der Waals surface area contributed by atoms with Gasteiger partial charge in [-0.2, -0.15) is 26.3 Å². The molecule has 2 amide bonds. The first-order valence-electron chi connectivity index (χ1n) is 21.0. The number of carbonyl (C=O) groups is 2. The van der Waals surface area contributed by atoms with Gasteiger partial charge in [-0.25, -0.2) is 0 Å². The van der Waals surface area contributed by atoms with Gasteiger partial charge in [-0.05, 0) is 84.6 Å². The van der Waals surface area contributed by atoms with Crippen molar-refractivity contribution in [3.8, 4) is 28.7 Å². The number of nitrogens with zero attached hydrogens (tertiary/aromatic N) is 2. The van der Waals surface area contributed by atoms with Crippen molar-refractivity contribution in [2.24, 2.45) is 11.5 Å². The van der Waals surface area contributed by atoms with Gasteiger partial charge in [0.15, 0.2) is 22.6 Å². The zero-order chi connectivity index (χ0) is 49.4. The van der Waals surface area contributed by atoms with E-state index in [1.54, 1.807) is 60.7 Å². The molecule has 0 fully saturated rings. The number of ether oxygens (including phenoxy) is 5. The van der Waals surface area contributed by atoms with Crippen molar-refractivity contribution in [2.75, 3.05) is 58.4 Å². The highest BCUT2D eigenvalue weighted by molar-refractivity contribution is 6.12.